The molecule has 2 aromatic heterocycles. The second kappa shape index (κ2) is 10.2. The van der Waals surface area contributed by atoms with E-state index in [9.17, 15) is 9.59 Å². The van der Waals surface area contributed by atoms with Gasteiger partial charge in [0, 0.05) is 64.7 Å². The zero-order valence-corrected chi connectivity index (χ0v) is 24.6. The number of alkyl carbamates (subject to hydrolysis) is 1. The second-order valence-corrected chi connectivity index (χ2v) is 11.6. The Balaban J connectivity index is 1.11. The van der Waals surface area contributed by atoms with Crippen LogP contribution >= 0.6 is 0 Å². The molecule has 2 amide bonds. The molecule has 1 atom stereocenters. The van der Waals surface area contributed by atoms with Crippen LogP contribution < -0.4 is 20.1 Å². The third-order valence-corrected chi connectivity index (χ3v) is 9.14. The number of fused-ring (bicyclic) bond motifs is 9. The Morgan fingerprint density at radius 1 is 0.886 bits per heavy atom. The van der Waals surface area contributed by atoms with Crippen molar-refractivity contribution in [1.82, 2.24) is 19.8 Å². The number of benzene rings is 4. The number of rotatable bonds is 7. The van der Waals surface area contributed by atoms with E-state index < -0.39 is 6.09 Å². The fourth-order valence-electron chi connectivity index (χ4n) is 7.27. The summed E-state index contributed by atoms with van der Waals surface area (Å²) < 4.78 is 21.3. The molecule has 0 aliphatic carbocycles. The molecule has 6 aromatic rings. The highest BCUT2D eigenvalue weighted by atomic mass is 16.5. The van der Waals surface area contributed by atoms with Gasteiger partial charge >= 0.3 is 6.09 Å². The number of carbonyl (C=O) groups is 2. The molecule has 2 aliphatic heterocycles. The van der Waals surface area contributed by atoms with Gasteiger partial charge in [0.05, 0.1) is 37.4 Å². The summed E-state index contributed by atoms with van der Waals surface area (Å²) in [6.45, 7) is 2.56. The number of aromatic nitrogens is 2. The molecule has 0 radical (unpaired) electrons. The molecule has 0 saturated heterocycles. The summed E-state index contributed by atoms with van der Waals surface area (Å²) in [6.07, 6.45) is 0.195. The second-order valence-electron chi connectivity index (χ2n) is 11.6. The molecule has 0 bridgehead atoms. The van der Waals surface area contributed by atoms with Crippen LogP contribution in [0.3, 0.4) is 0 Å². The van der Waals surface area contributed by atoms with Gasteiger partial charge < -0.3 is 34.0 Å². The fourth-order valence-corrected chi connectivity index (χ4v) is 7.27. The number of nitrogens with one attached hydrogen (secondary N) is 2. The Kier molecular flexibility index (Phi) is 6.14. The molecule has 2 aliphatic rings. The number of amides is 2. The van der Waals surface area contributed by atoms with Crippen molar-refractivity contribution in [3.63, 3.8) is 0 Å². The average Bonchev–Trinajstić information content (AvgIpc) is 3.65. The van der Waals surface area contributed by atoms with Gasteiger partial charge in [0.25, 0.3) is 5.91 Å². The number of methoxy groups -OCH3 is 2. The van der Waals surface area contributed by atoms with Gasteiger partial charge in [-0.1, -0.05) is 42.5 Å². The minimum Gasteiger partial charge on any atom is -0.493 e. The Morgan fingerprint density at radius 2 is 1.55 bits per heavy atom. The van der Waals surface area contributed by atoms with Gasteiger partial charge in [-0.3, -0.25) is 4.79 Å². The minimum atomic E-state index is -0.437. The summed E-state index contributed by atoms with van der Waals surface area (Å²) in [5.41, 5.74) is 7.31. The average molecular weight is 589 g/mol. The lowest BCUT2D eigenvalue weighted by molar-refractivity contribution is 0.0967. The Morgan fingerprint density at radius 3 is 2.25 bits per heavy atom. The maximum Gasteiger partial charge on any atom is 0.407 e. The van der Waals surface area contributed by atoms with Gasteiger partial charge in [0.2, 0.25) is 0 Å². The SMILES string of the molecule is COc1ccc(CCNC(=O)OCC2Cn3c4ccccc4c4c5c(c6c7ccccc7n(c6c43)C2)C(=O)NC5)cc1OC. The van der Waals surface area contributed by atoms with Crippen molar-refractivity contribution >= 4 is 55.6 Å². The van der Waals surface area contributed by atoms with Crippen molar-refractivity contribution in [3.05, 3.63) is 83.4 Å². The molecule has 0 fully saturated rings. The summed E-state index contributed by atoms with van der Waals surface area (Å²) in [6, 6.07) is 22.5. The molecule has 9 nitrogen and oxygen atoms in total. The largest absolute Gasteiger partial charge is 0.493 e. The van der Waals surface area contributed by atoms with Crippen molar-refractivity contribution in [2.75, 3.05) is 27.4 Å². The van der Waals surface area contributed by atoms with E-state index in [4.69, 9.17) is 14.2 Å². The smallest absolute Gasteiger partial charge is 0.407 e. The van der Waals surface area contributed by atoms with Crippen LogP contribution in [0.2, 0.25) is 0 Å². The van der Waals surface area contributed by atoms with Gasteiger partial charge in [-0.15, -0.1) is 0 Å². The summed E-state index contributed by atoms with van der Waals surface area (Å²) in [7, 11) is 3.21. The molecule has 4 aromatic carbocycles. The zero-order chi connectivity index (χ0) is 29.9. The Labute approximate surface area is 253 Å². The number of hydrogen-bond donors (Lipinski definition) is 2. The van der Waals surface area contributed by atoms with Crippen LogP contribution in [0.15, 0.2) is 66.7 Å². The van der Waals surface area contributed by atoms with Gasteiger partial charge in [-0.25, -0.2) is 4.79 Å². The van der Waals surface area contributed by atoms with E-state index in [0.29, 0.717) is 44.1 Å². The monoisotopic (exact) mass is 588 g/mol. The Bertz CT molecular complexity index is 2140. The van der Waals surface area contributed by atoms with Crippen LogP contribution in [0.4, 0.5) is 4.79 Å². The standard InChI is InChI=1S/C35H32N4O5/c1-42-27-12-11-20(15-28(27)43-2)13-14-36-35(41)44-19-21-17-38-25-9-5-3-7-22(25)29-24-16-37-34(40)31(24)30-23-8-4-6-10-26(23)39(18-21)33(30)32(29)38/h3-12,15,21H,13-14,16-19H2,1-2H3,(H,36,41)(H,37,40). The fraction of sp³-hybridized carbons (Fsp3) is 0.257. The number of hydrogen-bond acceptors (Lipinski definition) is 5. The summed E-state index contributed by atoms with van der Waals surface area (Å²) in [5.74, 6) is 1.32. The van der Waals surface area contributed by atoms with Gasteiger partial charge in [-0.2, -0.15) is 0 Å². The third-order valence-electron chi connectivity index (χ3n) is 9.14. The van der Waals surface area contributed by atoms with Crippen LogP contribution in [-0.4, -0.2) is 48.5 Å². The van der Waals surface area contributed by atoms with Crippen molar-refractivity contribution < 1.29 is 23.8 Å². The summed E-state index contributed by atoms with van der Waals surface area (Å²) in [5, 5.41) is 10.4. The summed E-state index contributed by atoms with van der Waals surface area (Å²) >= 11 is 0. The normalized spacial score (nSPS) is 15.6. The highest BCUT2D eigenvalue weighted by Gasteiger charge is 2.34. The maximum atomic E-state index is 13.3. The topological polar surface area (TPSA) is 95.8 Å². The zero-order valence-electron chi connectivity index (χ0n) is 24.6. The number of carbonyl (C=O) groups excluding carboxylic acids is 2. The number of ether oxygens (including phenoxy) is 3. The van der Waals surface area contributed by atoms with Crippen LogP contribution in [0.1, 0.15) is 21.5 Å². The lowest BCUT2D eigenvalue weighted by atomic mass is 9.97. The van der Waals surface area contributed by atoms with E-state index in [1.807, 2.05) is 30.3 Å². The van der Waals surface area contributed by atoms with Crippen molar-refractivity contribution in [1.29, 1.82) is 0 Å². The quantitative estimate of drug-likeness (QED) is 0.247. The first-order valence-electron chi connectivity index (χ1n) is 14.9. The van der Waals surface area contributed by atoms with E-state index in [1.54, 1.807) is 14.2 Å². The van der Waals surface area contributed by atoms with Gasteiger partial charge in [0.1, 0.15) is 0 Å². The van der Waals surface area contributed by atoms with Crippen LogP contribution in [-0.2, 0) is 30.8 Å². The summed E-state index contributed by atoms with van der Waals surface area (Å²) in [4.78, 5) is 26.1. The predicted octanol–water partition coefficient (Wildman–Crippen LogP) is 5.76. The molecule has 222 valence electrons. The lowest BCUT2D eigenvalue weighted by Gasteiger charge is -2.18. The van der Waals surface area contributed by atoms with Crippen molar-refractivity contribution in [3.8, 4) is 11.5 Å². The highest BCUT2D eigenvalue weighted by Crippen LogP contribution is 2.46. The molecule has 4 heterocycles. The number of nitrogens with zero attached hydrogens (tertiary/aromatic N) is 2. The Hall–Kier alpha value is -5.18. The van der Waals surface area contributed by atoms with E-state index in [2.05, 4.69) is 56.2 Å². The highest BCUT2D eigenvalue weighted by molar-refractivity contribution is 6.30. The first kappa shape index (κ1) is 26.4. The van der Waals surface area contributed by atoms with Crippen molar-refractivity contribution in [2.24, 2.45) is 5.92 Å². The van der Waals surface area contributed by atoms with Crippen LogP contribution in [0.5, 0.6) is 11.5 Å². The third kappa shape index (κ3) is 3.92. The van der Waals surface area contributed by atoms with E-state index in [1.165, 1.54) is 0 Å². The molecule has 9 heteroatoms. The molecule has 1 unspecified atom stereocenters. The molecular formula is C35H32N4O5. The molecule has 2 N–H and O–H groups in total. The van der Waals surface area contributed by atoms with Gasteiger partial charge in [0.15, 0.2) is 11.5 Å². The molecule has 8 rings (SSSR count). The van der Waals surface area contributed by atoms with Crippen LogP contribution in [0, 0.1) is 5.92 Å². The van der Waals surface area contributed by atoms with E-state index in [-0.39, 0.29) is 18.4 Å². The molecular weight excluding hydrogens is 556 g/mol. The van der Waals surface area contributed by atoms with Crippen LogP contribution in [0.25, 0.3) is 43.6 Å². The molecule has 44 heavy (non-hydrogen) atoms. The minimum absolute atomic E-state index is 0.0145. The maximum absolute atomic E-state index is 13.3. The first-order valence-corrected chi connectivity index (χ1v) is 14.9. The lowest BCUT2D eigenvalue weighted by Crippen LogP contribution is -2.30. The predicted molar refractivity (Wildman–Crippen MR) is 170 cm³/mol. The molecule has 0 spiro atoms. The van der Waals surface area contributed by atoms with Crippen molar-refractivity contribution in [2.45, 2.75) is 26.1 Å². The molecule has 0 saturated carbocycles. The first-order chi connectivity index (χ1) is 21.6. The van der Waals surface area contributed by atoms with E-state index >= 15 is 0 Å². The number of para-hydroxylation sites is 2. The van der Waals surface area contributed by atoms with E-state index in [0.717, 1.165) is 60.3 Å². The van der Waals surface area contributed by atoms with Gasteiger partial charge in [-0.05, 0) is 41.8 Å².